The third-order valence-corrected chi connectivity index (χ3v) is 3.26. The van der Waals surface area contributed by atoms with E-state index in [-0.39, 0.29) is 5.56 Å². The van der Waals surface area contributed by atoms with Crippen LogP contribution in [-0.2, 0) is 0 Å². The van der Waals surface area contributed by atoms with Crippen molar-refractivity contribution in [3.8, 4) is 16.9 Å². The molecule has 0 spiro atoms. The molecule has 0 aliphatic heterocycles. The van der Waals surface area contributed by atoms with Crippen molar-refractivity contribution in [1.82, 2.24) is 9.78 Å². The molecule has 0 saturated carbocycles. The summed E-state index contributed by atoms with van der Waals surface area (Å²) in [6.45, 7) is 2.03. The SMILES string of the molecule is Cc1cccc(-n2ccc(-c3cccc(C(=O)O)c3)n2)c1. The van der Waals surface area contributed by atoms with Crippen molar-refractivity contribution in [2.75, 3.05) is 0 Å². The summed E-state index contributed by atoms with van der Waals surface area (Å²) < 4.78 is 1.79. The maximum absolute atomic E-state index is 11.0. The molecule has 1 heterocycles. The highest BCUT2D eigenvalue weighted by atomic mass is 16.4. The van der Waals surface area contributed by atoms with Crippen molar-refractivity contribution in [2.45, 2.75) is 6.92 Å². The molecule has 4 heteroatoms. The molecule has 3 rings (SSSR count). The van der Waals surface area contributed by atoms with Crippen molar-refractivity contribution in [1.29, 1.82) is 0 Å². The summed E-state index contributed by atoms with van der Waals surface area (Å²) in [5.41, 5.74) is 3.95. The number of aryl methyl sites for hydroxylation is 1. The molecule has 0 aliphatic carbocycles. The number of nitrogens with zero attached hydrogens (tertiary/aromatic N) is 2. The fourth-order valence-electron chi connectivity index (χ4n) is 2.20. The lowest BCUT2D eigenvalue weighted by molar-refractivity contribution is 0.0697. The highest BCUT2D eigenvalue weighted by Gasteiger charge is 2.07. The lowest BCUT2D eigenvalue weighted by Crippen LogP contribution is -1.97. The lowest BCUT2D eigenvalue weighted by atomic mass is 10.1. The van der Waals surface area contributed by atoms with Crippen molar-refractivity contribution in [3.63, 3.8) is 0 Å². The Bertz CT molecular complexity index is 806. The maximum atomic E-state index is 11.0. The summed E-state index contributed by atoms with van der Waals surface area (Å²) in [7, 11) is 0. The van der Waals surface area contributed by atoms with Crippen molar-refractivity contribution >= 4 is 5.97 Å². The Balaban J connectivity index is 1.98. The van der Waals surface area contributed by atoms with E-state index in [0.29, 0.717) is 0 Å². The molecule has 21 heavy (non-hydrogen) atoms. The van der Waals surface area contributed by atoms with Gasteiger partial charge in [0.2, 0.25) is 0 Å². The molecule has 3 aromatic rings. The van der Waals surface area contributed by atoms with Crippen LogP contribution in [0.5, 0.6) is 0 Å². The molecule has 0 aliphatic rings. The molecule has 1 N–H and O–H groups in total. The third kappa shape index (κ3) is 2.69. The largest absolute Gasteiger partial charge is 0.478 e. The molecule has 0 atom stereocenters. The molecule has 0 unspecified atom stereocenters. The molecule has 1 aromatic heterocycles. The second-order valence-electron chi connectivity index (χ2n) is 4.87. The third-order valence-electron chi connectivity index (χ3n) is 3.26. The van der Waals surface area contributed by atoms with Gasteiger partial charge in [-0.25, -0.2) is 9.48 Å². The number of hydrogen-bond acceptors (Lipinski definition) is 2. The highest BCUT2D eigenvalue weighted by molar-refractivity contribution is 5.89. The van der Waals surface area contributed by atoms with Crippen LogP contribution in [0.2, 0.25) is 0 Å². The molecule has 0 amide bonds. The Kier molecular flexibility index (Phi) is 3.28. The number of hydrogen-bond donors (Lipinski definition) is 1. The Labute approximate surface area is 122 Å². The standard InChI is InChI=1S/C17H14N2O2/c1-12-4-2-7-15(10-12)19-9-8-16(18-19)13-5-3-6-14(11-13)17(20)21/h2-11H,1H3,(H,20,21). The fraction of sp³-hybridized carbons (Fsp3) is 0.0588. The van der Waals surface area contributed by atoms with E-state index >= 15 is 0 Å². The van der Waals surface area contributed by atoms with E-state index in [9.17, 15) is 4.79 Å². The van der Waals surface area contributed by atoms with Crippen LogP contribution in [0.4, 0.5) is 0 Å². The predicted octanol–water partition coefficient (Wildman–Crippen LogP) is 3.55. The minimum absolute atomic E-state index is 0.262. The fourth-order valence-corrected chi connectivity index (χ4v) is 2.20. The molecule has 2 aromatic carbocycles. The van der Waals surface area contributed by atoms with Gasteiger partial charge in [0.05, 0.1) is 16.9 Å². The van der Waals surface area contributed by atoms with Crippen LogP contribution < -0.4 is 0 Å². The summed E-state index contributed by atoms with van der Waals surface area (Å²) in [6, 6.07) is 16.7. The van der Waals surface area contributed by atoms with E-state index in [1.165, 1.54) is 0 Å². The van der Waals surface area contributed by atoms with E-state index in [1.807, 2.05) is 49.5 Å². The molecule has 0 bridgehead atoms. The molecule has 104 valence electrons. The number of carbonyl (C=O) groups is 1. The van der Waals surface area contributed by atoms with Gasteiger partial charge in [-0.3, -0.25) is 0 Å². The maximum Gasteiger partial charge on any atom is 0.335 e. The second-order valence-corrected chi connectivity index (χ2v) is 4.87. The van der Waals surface area contributed by atoms with Crippen molar-refractivity contribution < 1.29 is 9.90 Å². The minimum atomic E-state index is -0.935. The number of rotatable bonds is 3. The van der Waals surface area contributed by atoms with Crippen LogP contribution in [-0.4, -0.2) is 20.9 Å². The van der Waals surface area contributed by atoms with Gasteiger partial charge in [-0.2, -0.15) is 5.10 Å². The summed E-state index contributed by atoms with van der Waals surface area (Å²) in [5, 5.41) is 13.6. The zero-order valence-electron chi connectivity index (χ0n) is 11.5. The smallest absolute Gasteiger partial charge is 0.335 e. The molecular weight excluding hydrogens is 264 g/mol. The van der Waals surface area contributed by atoms with E-state index in [0.717, 1.165) is 22.5 Å². The van der Waals surface area contributed by atoms with Gasteiger partial charge in [-0.05, 0) is 42.8 Å². The van der Waals surface area contributed by atoms with Gasteiger partial charge in [-0.15, -0.1) is 0 Å². The van der Waals surface area contributed by atoms with E-state index in [4.69, 9.17) is 5.11 Å². The highest BCUT2D eigenvalue weighted by Crippen LogP contribution is 2.20. The van der Waals surface area contributed by atoms with Crippen LogP contribution in [0.1, 0.15) is 15.9 Å². The molecular formula is C17H14N2O2. The van der Waals surface area contributed by atoms with Gasteiger partial charge in [0.15, 0.2) is 0 Å². The summed E-state index contributed by atoms with van der Waals surface area (Å²) in [4.78, 5) is 11.0. The van der Waals surface area contributed by atoms with Crippen molar-refractivity contribution in [2.24, 2.45) is 0 Å². The van der Waals surface area contributed by atoms with Gasteiger partial charge < -0.3 is 5.11 Å². The number of aromatic nitrogens is 2. The van der Waals surface area contributed by atoms with Crippen molar-refractivity contribution in [3.05, 3.63) is 71.9 Å². The zero-order chi connectivity index (χ0) is 14.8. The topological polar surface area (TPSA) is 55.1 Å². The average Bonchev–Trinajstić information content (AvgIpc) is 2.97. The zero-order valence-corrected chi connectivity index (χ0v) is 11.5. The van der Waals surface area contributed by atoms with Crippen LogP contribution >= 0.6 is 0 Å². The van der Waals surface area contributed by atoms with E-state index in [1.54, 1.807) is 22.9 Å². The number of aromatic carboxylic acids is 1. The van der Waals surface area contributed by atoms with Gasteiger partial charge in [-0.1, -0.05) is 24.3 Å². The van der Waals surface area contributed by atoms with Gasteiger partial charge in [0.25, 0.3) is 0 Å². The van der Waals surface area contributed by atoms with Crippen LogP contribution in [0.25, 0.3) is 16.9 Å². The Hall–Kier alpha value is -2.88. The predicted molar refractivity (Wildman–Crippen MR) is 80.7 cm³/mol. The monoisotopic (exact) mass is 278 g/mol. The quantitative estimate of drug-likeness (QED) is 0.797. The number of carboxylic acid groups (broad SMARTS) is 1. The molecule has 4 nitrogen and oxygen atoms in total. The average molecular weight is 278 g/mol. The Morgan fingerprint density at radius 3 is 2.67 bits per heavy atom. The Morgan fingerprint density at radius 2 is 1.90 bits per heavy atom. The van der Waals surface area contributed by atoms with E-state index < -0.39 is 5.97 Å². The number of benzene rings is 2. The first-order valence-corrected chi connectivity index (χ1v) is 6.60. The normalized spacial score (nSPS) is 10.5. The van der Waals surface area contributed by atoms with Gasteiger partial charge >= 0.3 is 5.97 Å². The first-order valence-electron chi connectivity index (χ1n) is 6.60. The van der Waals surface area contributed by atoms with Gasteiger partial charge in [0.1, 0.15) is 0 Å². The van der Waals surface area contributed by atoms with Crippen LogP contribution in [0.15, 0.2) is 60.8 Å². The van der Waals surface area contributed by atoms with Gasteiger partial charge in [0, 0.05) is 11.8 Å². The lowest BCUT2D eigenvalue weighted by Gasteiger charge is -2.02. The first-order chi connectivity index (χ1) is 10.1. The summed E-state index contributed by atoms with van der Waals surface area (Å²) >= 11 is 0. The number of carboxylic acids is 1. The Morgan fingerprint density at radius 1 is 1.10 bits per heavy atom. The molecule has 0 radical (unpaired) electrons. The summed E-state index contributed by atoms with van der Waals surface area (Å²) in [5.74, 6) is -0.935. The summed E-state index contributed by atoms with van der Waals surface area (Å²) in [6.07, 6.45) is 1.87. The van der Waals surface area contributed by atoms with E-state index in [2.05, 4.69) is 5.10 Å². The molecule has 0 fully saturated rings. The first kappa shape index (κ1) is 13.1. The van der Waals surface area contributed by atoms with Crippen LogP contribution in [0, 0.1) is 6.92 Å². The molecule has 0 saturated heterocycles. The second kappa shape index (κ2) is 5.25. The van der Waals surface area contributed by atoms with Crippen LogP contribution in [0.3, 0.4) is 0 Å². The minimum Gasteiger partial charge on any atom is -0.478 e.